The van der Waals surface area contributed by atoms with E-state index in [0.717, 1.165) is 6.54 Å². The summed E-state index contributed by atoms with van der Waals surface area (Å²) in [6, 6.07) is 0.410. The zero-order valence-corrected chi connectivity index (χ0v) is 7.63. The molecule has 0 amide bonds. The van der Waals surface area contributed by atoms with Gasteiger partial charge in [-0.1, -0.05) is 12.8 Å². The molecule has 1 aliphatic carbocycles. The van der Waals surface area contributed by atoms with Gasteiger partial charge < -0.3 is 10.4 Å². The third kappa shape index (κ3) is 1.64. The lowest BCUT2D eigenvalue weighted by atomic mass is 9.94. The van der Waals surface area contributed by atoms with E-state index in [9.17, 15) is 5.11 Å². The molecule has 70 valence electrons. The van der Waals surface area contributed by atoms with Crippen LogP contribution in [0.25, 0.3) is 0 Å². The Morgan fingerprint density at radius 2 is 1.83 bits per heavy atom. The van der Waals surface area contributed by atoms with E-state index in [-0.39, 0.29) is 6.10 Å². The van der Waals surface area contributed by atoms with Crippen LogP contribution in [0.15, 0.2) is 0 Å². The minimum Gasteiger partial charge on any atom is -0.391 e. The van der Waals surface area contributed by atoms with Crippen molar-refractivity contribution in [3.8, 4) is 0 Å². The maximum absolute atomic E-state index is 9.99. The van der Waals surface area contributed by atoms with Crippen LogP contribution in [0.4, 0.5) is 0 Å². The average molecular weight is 169 g/mol. The molecular formula is C10H19NO. The monoisotopic (exact) mass is 169 g/mol. The Bertz CT molecular complexity index is 121. The quantitative estimate of drug-likeness (QED) is 0.653. The lowest BCUT2D eigenvalue weighted by Gasteiger charge is -2.23. The second kappa shape index (κ2) is 3.75. The SMILES string of the molecule is OC(C1CCCC1)[C@@H]1CCCN1. The van der Waals surface area contributed by atoms with E-state index in [1.165, 1.54) is 38.5 Å². The normalized spacial score (nSPS) is 34.2. The first-order chi connectivity index (χ1) is 5.88. The van der Waals surface area contributed by atoms with Crippen LogP contribution in [0.2, 0.25) is 0 Å². The minimum atomic E-state index is -0.0602. The van der Waals surface area contributed by atoms with E-state index in [1.807, 2.05) is 0 Å². The molecule has 0 spiro atoms. The average Bonchev–Trinajstić information content (AvgIpc) is 2.77. The van der Waals surface area contributed by atoms with Gasteiger partial charge in [0.25, 0.3) is 0 Å². The maximum Gasteiger partial charge on any atom is 0.0721 e. The molecule has 2 rings (SSSR count). The van der Waals surface area contributed by atoms with Crippen LogP contribution in [-0.2, 0) is 0 Å². The van der Waals surface area contributed by atoms with Crippen LogP contribution in [0.1, 0.15) is 38.5 Å². The summed E-state index contributed by atoms with van der Waals surface area (Å²) in [5.74, 6) is 0.598. The molecule has 2 aliphatic rings. The molecule has 2 fully saturated rings. The molecule has 0 bridgehead atoms. The first kappa shape index (κ1) is 8.52. The highest BCUT2D eigenvalue weighted by Gasteiger charge is 2.31. The van der Waals surface area contributed by atoms with Gasteiger partial charge in [-0.25, -0.2) is 0 Å². The fourth-order valence-corrected chi connectivity index (χ4v) is 2.63. The van der Waals surface area contributed by atoms with Gasteiger partial charge in [-0.3, -0.25) is 0 Å². The Morgan fingerprint density at radius 3 is 2.42 bits per heavy atom. The van der Waals surface area contributed by atoms with Crippen LogP contribution < -0.4 is 5.32 Å². The first-order valence-electron chi connectivity index (χ1n) is 5.29. The van der Waals surface area contributed by atoms with Crippen LogP contribution in [0.5, 0.6) is 0 Å². The van der Waals surface area contributed by atoms with E-state index in [2.05, 4.69) is 5.32 Å². The first-order valence-corrected chi connectivity index (χ1v) is 5.29. The molecule has 2 heteroatoms. The summed E-state index contributed by atoms with van der Waals surface area (Å²) in [4.78, 5) is 0. The van der Waals surface area contributed by atoms with Crippen molar-refractivity contribution in [2.75, 3.05) is 6.54 Å². The Hall–Kier alpha value is -0.0800. The molecule has 2 nitrogen and oxygen atoms in total. The van der Waals surface area contributed by atoms with Crippen molar-refractivity contribution < 1.29 is 5.11 Å². The largest absolute Gasteiger partial charge is 0.391 e. The highest BCUT2D eigenvalue weighted by molar-refractivity contribution is 4.87. The van der Waals surface area contributed by atoms with Gasteiger partial charge in [-0.15, -0.1) is 0 Å². The molecule has 2 N–H and O–H groups in total. The molecule has 0 aromatic carbocycles. The van der Waals surface area contributed by atoms with Gasteiger partial charge in [0.05, 0.1) is 6.10 Å². The maximum atomic E-state index is 9.99. The third-order valence-corrected chi connectivity index (χ3v) is 3.39. The van der Waals surface area contributed by atoms with Crippen LogP contribution in [0, 0.1) is 5.92 Å². The molecule has 1 saturated carbocycles. The molecule has 1 unspecified atom stereocenters. The van der Waals surface area contributed by atoms with E-state index in [1.54, 1.807) is 0 Å². The second-order valence-electron chi connectivity index (χ2n) is 4.24. The minimum absolute atomic E-state index is 0.0602. The number of nitrogens with one attached hydrogen (secondary N) is 1. The van der Waals surface area contributed by atoms with Crippen LogP contribution in [-0.4, -0.2) is 23.8 Å². The van der Waals surface area contributed by atoms with E-state index in [4.69, 9.17) is 0 Å². The van der Waals surface area contributed by atoms with Gasteiger partial charge in [0, 0.05) is 6.04 Å². The summed E-state index contributed by atoms with van der Waals surface area (Å²) in [7, 11) is 0. The highest BCUT2D eigenvalue weighted by Crippen LogP contribution is 2.30. The molecule has 1 saturated heterocycles. The van der Waals surface area contributed by atoms with Crippen molar-refractivity contribution >= 4 is 0 Å². The zero-order chi connectivity index (χ0) is 8.39. The molecule has 0 radical (unpaired) electrons. The number of aliphatic hydroxyl groups is 1. The summed E-state index contributed by atoms with van der Waals surface area (Å²) in [6.45, 7) is 1.11. The summed E-state index contributed by atoms with van der Waals surface area (Å²) < 4.78 is 0. The fraction of sp³-hybridized carbons (Fsp3) is 1.00. The lowest BCUT2D eigenvalue weighted by molar-refractivity contribution is 0.0777. The molecule has 1 aliphatic heterocycles. The summed E-state index contributed by atoms with van der Waals surface area (Å²) in [6.07, 6.45) is 7.52. The van der Waals surface area contributed by atoms with Crippen molar-refractivity contribution in [2.45, 2.75) is 50.7 Å². The number of hydrogen-bond acceptors (Lipinski definition) is 2. The van der Waals surface area contributed by atoms with Crippen molar-refractivity contribution in [2.24, 2.45) is 5.92 Å². The van der Waals surface area contributed by atoms with Crippen molar-refractivity contribution in [3.63, 3.8) is 0 Å². The lowest BCUT2D eigenvalue weighted by Crippen LogP contribution is -2.39. The second-order valence-corrected chi connectivity index (χ2v) is 4.24. The van der Waals surface area contributed by atoms with Crippen LogP contribution >= 0.6 is 0 Å². The smallest absolute Gasteiger partial charge is 0.0721 e. The Morgan fingerprint density at radius 1 is 1.08 bits per heavy atom. The number of aliphatic hydroxyl groups excluding tert-OH is 1. The zero-order valence-electron chi connectivity index (χ0n) is 7.63. The predicted octanol–water partition coefficient (Wildman–Crippen LogP) is 1.29. The Labute approximate surface area is 74.4 Å². The van der Waals surface area contributed by atoms with Gasteiger partial charge >= 0.3 is 0 Å². The van der Waals surface area contributed by atoms with Crippen LogP contribution in [0.3, 0.4) is 0 Å². The summed E-state index contributed by atoms with van der Waals surface area (Å²) >= 11 is 0. The van der Waals surface area contributed by atoms with E-state index >= 15 is 0 Å². The standard InChI is InChI=1S/C10H19NO/c12-10(8-4-1-2-5-8)9-6-3-7-11-9/h8-12H,1-7H2/t9-,10?/m0/s1. The summed E-state index contributed by atoms with van der Waals surface area (Å²) in [5.41, 5.74) is 0. The predicted molar refractivity (Wildman–Crippen MR) is 49.0 cm³/mol. The Balaban J connectivity index is 1.84. The van der Waals surface area contributed by atoms with Gasteiger partial charge in [-0.2, -0.15) is 0 Å². The van der Waals surface area contributed by atoms with Gasteiger partial charge in [0.1, 0.15) is 0 Å². The van der Waals surface area contributed by atoms with Crippen molar-refractivity contribution in [3.05, 3.63) is 0 Å². The highest BCUT2D eigenvalue weighted by atomic mass is 16.3. The molecule has 2 atom stereocenters. The molecule has 1 heterocycles. The third-order valence-electron chi connectivity index (χ3n) is 3.39. The fourth-order valence-electron chi connectivity index (χ4n) is 2.63. The Kier molecular flexibility index (Phi) is 2.66. The van der Waals surface area contributed by atoms with E-state index < -0.39 is 0 Å². The van der Waals surface area contributed by atoms with Gasteiger partial charge in [0.2, 0.25) is 0 Å². The molecule has 0 aromatic heterocycles. The number of hydrogen-bond donors (Lipinski definition) is 2. The molecular weight excluding hydrogens is 150 g/mol. The van der Waals surface area contributed by atoms with E-state index in [0.29, 0.717) is 12.0 Å². The summed E-state index contributed by atoms with van der Waals surface area (Å²) in [5, 5.41) is 13.4. The number of rotatable bonds is 2. The van der Waals surface area contributed by atoms with Crippen molar-refractivity contribution in [1.29, 1.82) is 0 Å². The van der Waals surface area contributed by atoms with Gasteiger partial charge in [-0.05, 0) is 38.1 Å². The molecule has 12 heavy (non-hydrogen) atoms. The topological polar surface area (TPSA) is 32.3 Å². The van der Waals surface area contributed by atoms with Gasteiger partial charge in [0.15, 0.2) is 0 Å². The van der Waals surface area contributed by atoms with Crippen molar-refractivity contribution in [1.82, 2.24) is 5.32 Å². The molecule has 0 aromatic rings.